The molecule has 0 unspecified atom stereocenters. The molecule has 0 atom stereocenters. The topological polar surface area (TPSA) is 111 Å². The first-order chi connectivity index (χ1) is 15.8. The monoisotopic (exact) mass is 500 g/mol. The van der Waals surface area contributed by atoms with Crippen molar-refractivity contribution in [2.45, 2.75) is 11.6 Å². The normalized spacial score (nSPS) is 12.0. The molecule has 0 spiro atoms. The van der Waals surface area contributed by atoms with Crippen molar-refractivity contribution in [1.29, 1.82) is 0 Å². The highest BCUT2D eigenvalue weighted by Gasteiger charge is 2.17. The Hall–Kier alpha value is -3.33. The number of aromatic nitrogens is 1. The van der Waals surface area contributed by atoms with Crippen LogP contribution in [0.25, 0.3) is 22.4 Å². The van der Waals surface area contributed by atoms with Crippen LogP contribution < -0.4 is 11.1 Å². The summed E-state index contributed by atoms with van der Waals surface area (Å²) in [6.45, 7) is 0.206. The molecular weight excluding hydrogens is 483 g/mol. The smallest absolute Gasteiger partial charge is 0.318 e. The lowest BCUT2D eigenvalue weighted by Gasteiger charge is -2.13. The van der Waals surface area contributed by atoms with E-state index >= 15 is 0 Å². The molecule has 33 heavy (non-hydrogen) atoms. The van der Waals surface area contributed by atoms with Gasteiger partial charge in [0.1, 0.15) is 0 Å². The molecule has 0 fully saturated rings. The van der Waals surface area contributed by atoms with Crippen LogP contribution in [0.1, 0.15) is 5.56 Å². The maximum absolute atomic E-state index is 12.2. The molecule has 0 aliphatic heterocycles. The fourth-order valence-corrected chi connectivity index (χ4v) is 4.19. The average molecular weight is 501 g/mol. The molecule has 168 valence electrons. The Morgan fingerprint density at radius 1 is 1.00 bits per heavy atom. The van der Waals surface area contributed by atoms with E-state index in [2.05, 4.69) is 14.7 Å². The Morgan fingerprint density at radius 3 is 2.24 bits per heavy atom. The van der Waals surface area contributed by atoms with Gasteiger partial charge in [-0.05, 0) is 53.6 Å². The molecule has 2 aromatic carbocycles. The maximum Gasteiger partial charge on any atom is 0.318 e. The molecule has 0 radical (unpaired) electrons. The van der Waals surface area contributed by atoms with Gasteiger partial charge < -0.3 is 15.5 Å². The van der Waals surface area contributed by atoms with Gasteiger partial charge in [-0.1, -0.05) is 47.5 Å². The van der Waals surface area contributed by atoms with Crippen LogP contribution in [0, 0.1) is 0 Å². The summed E-state index contributed by atoms with van der Waals surface area (Å²) >= 11 is 12.1. The third-order valence-corrected chi connectivity index (χ3v) is 6.34. The molecule has 10 heteroatoms. The van der Waals surface area contributed by atoms with Crippen molar-refractivity contribution in [2.75, 3.05) is 0 Å². The third kappa shape index (κ3) is 5.54. The molecule has 0 aliphatic rings. The zero-order valence-electron chi connectivity index (χ0n) is 17.1. The van der Waals surface area contributed by atoms with E-state index in [4.69, 9.17) is 33.4 Å². The summed E-state index contributed by atoms with van der Waals surface area (Å²) in [6.07, 6.45) is 2.93. The molecule has 7 nitrogen and oxygen atoms in total. The molecule has 0 amide bonds. The molecule has 0 bridgehead atoms. The Balaban J connectivity index is 1.63. The number of nitrogens with two attached hydrogens (primary N) is 1. The molecule has 4 aromatic rings. The lowest BCUT2D eigenvalue weighted by atomic mass is 9.98. The first-order valence-electron chi connectivity index (χ1n) is 9.70. The number of nitrogens with zero attached hydrogens (tertiary/aromatic N) is 2. The summed E-state index contributed by atoms with van der Waals surface area (Å²) in [5, 5.41) is 3.77. The number of hydrogen-bond acceptors (Lipinski definition) is 4. The van der Waals surface area contributed by atoms with Crippen LogP contribution in [0.2, 0.25) is 10.0 Å². The number of rotatable bonds is 6. The van der Waals surface area contributed by atoms with Crippen LogP contribution in [-0.4, -0.2) is 19.4 Å². The van der Waals surface area contributed by atoms with Crippen LogP contribution in [0.15, 0.2) is 93.1 Å². The second-order valence-corrected chi connectivity index (χ2v) is 9.40. The number of halogens is 2. The van der Waals surface area contributed by atoms with Crippen molar-refractivity contribution in [3.8, 4) is 22.4 Å². The first-order valence-corrected chi connectivity index (χ1v) is 11.9. The predicted octanol–water partition coefficient (Wildman–Crippen LogP) is 5.11. The fourth-order valence-electron chi connectivity index (χ4n) is 3.10. The lowest BCUT2D eigenvalue weighted by Crippen LogP contribution is -2.32. The molecular formula is C23H18Cl2N4O3S. The first kappa shape index (κ1) is 22.8. The van der Waals surface area contributed by atoms with E-state index in [1.54, 1.807) is 30.5 Å². The number of pyridine rings is 1. The van der Waals surface area contributed by atoms with Crippen LogP contribution >= 0.6 is 23.2 Å². The molecule has 0 aliphatic carbocycles. The molecule has 3 N–H and O–H groups in total. The van der Waals surface area contributed by atoms with Crippen molar-refractivity contribution in [3.05, 3.63) is 94.8 Å². The summed E-state index contributed by atoms with van der Waals surface area (Å²) < 4.78 is 32.8. The van der Waals surface area contributed by atoms with Crippen LogP contribution in [0.4, 0.5) is 0 Å². The van der Waals surface area contributed by atoms with E-state index in [0.29, 0.717) is 10.0 Å². The van der Waals surface area contributed by atoms with Gasteiger partial charge in [0.2, 0.25) is 11.1 Å². The van der Waals surface area contributed by atoms with Gasteiger partial charge in [-0.25, -0.2) is 0 Å². The van der Waals surface area contributed by atoms with Gasteiger partial charge in [-0.3, -0.25) is 4.98 Å². The fraction of sp³-hybridized carbons (Fsp3) is 0.0435. The maximum atomic E-state index is 12.2. The second kappa shape index (κ2) is 9.66. The Bertz CT molecular complexity index is 1390. The zero-order chi connectivity index (χ0) is 23.4. The molecule has 2 aromatic heterocycles. The van der Waals surface area contributed by atoms with E-state index < -0.39 is 10.0 Å². The Morgan fingerprint density at radius 2 is 1.64 bits per heavy atom. The minimum absolute atomic E-state index is 0.206. The molecule has 4 rings (SSSR count). The van der Waals surface area contributed by atoms with Crippen LogP contribution in [0.3, 0.4) is 0 Å². The number of guanidine groups is 1. The highest BCUT2D eigenvalue weighted by atomic mass is 35.5. The number of hydrogen-bond donors (Lipinski definition) is 2. The zero-order valence-corrected chi connectivity index (χ0v) is 19.4. The van der Waals surface area contributed by atoms with E-state index in [9.17, 15) is 8.42 Å². The van der Waals surface area contributed by atoms with Gasteiger partial charge in [0.15, 0.2) is 0 Å². The average Bonchev–Trinajstić information content (AvgIpc) is 3.35. The van der Waals surface area contributed by atoms with Crippen molar-refractivity contribution in [1.82, 2.24) is 10.3 Å². The lowest BCUT2D eigenvalue weighted by molar-refractivity contribution is 0.450. The minimum atomic E-state index is -4.03. The van der Waals surface area contributed by atoms with Gasteiger partial charge in [-0.2, -0.15) is 8.42 Å². The summed E-state index contributed by atoms with van der Waals surface area (Å²) in [5.41, 5.74) is 10.0. The Labute approximate surface area is 200 Å². The van der Waals surface area contributed by atoms with Gasteiger partial charge in [0.05, 0.1) is 12.0 Å². The van der Waals surface area contributed by atoms with Crippen LogP contribution in [-0.2, 0) is 16.6 Å². The second-order valence-electron chi connectivity index (χ2n) is 6.99. The van der Waals surface area contributed by atoms with E-state index in [-0.39, 0.29) is 17.6 Å². The highest BCUT2D eigenvalue weighted by molar-refractivity contribution is 7.90. The van der Waals surface area contributed by atoms with Crippen molar-refractivity contribution in [2.24, 2.45) is 10.1 Å². The summed E-state index contributed by atoms with van der Waals surface area (Å²) in [7, 11) is -4.03. The standard InChI is InChI=1S/C23H18Cl2N4O3S/c24-18-7-3-16(4-8-18)20-12-15(13-27-22(20)17-5-9-19(25)10-6-17)14-28-23(26)29-33(30,31)21-2-1-11-32-21/h1-13H,14H2,(H3,26,28,29). The predicted molar refractivity (Wildman–Crippen MR) is 129 cm³/mol. The molecule has 0 saturated heterocycles. The number of nitrogens with one attached hydrogen (secondary N) is 1. The van der Waals surface area contributed by atoms with Crippen molar-refractivity contribution < 1.29 is 12.8 Å². The number of sulfonamides is 1. The van der Waals surface area contributed by atoms with E-state index in [1.165, 1.54) is 18.4 Å². The van der Waals surface area contributed by atoms with Gasteiger partial charge in [0, 0.05) is 33.9 Å². The van der Waals surface area contributed by atoms with E-state index in [0.717, 1.165) is 27.9 Å². The number of benzene rings is 2. The van der Waals surface area contributed by atoms with Crippen molar-refractivity contribution in [3.63, 3.8) is 0 Å². The Kier molecular flexibility index (Phi) is 6.69. The van der Waals surface area contributed by atoms with E-state index in [1.807, 2.05) is 30.3 Å². The minimum Gasteiger partial charge on any atom is -0.451 e. The highest BCUT2D eigenvalue weighted by Crippen LogP contribution is 2.32. The van der Waals surface area contributed by atoms with Crippen molar-refractivity contribution >= 4 is 39.2 Å². The van der Waals surface area contributed by atoms with Gasteiger partial charge in [-0.15, -0.1) is 4.40 Å². The van der Waals surface area contributed by atoms with Crippen LogP contribution in [0.5, 0.6) is 0 Å². The largest absolute Gasteiger partial charge is 0.451 e. The third-order valence-electron chi connectivity index (χ3n) is 4.66. The van der Waals surface area contributed by atoms with Gasteiger partial charge in [0.25, 0.3) is 0 Å². The SMILES string of the molecule is NC(=NS(=O)(=O)c1ccco1)NCc1cnc(-c2ccc(Cl)cc2)c(-c2ccc(Cl)cc2)c1. The van der Waals surface area contributed by atoms with Gasteiger partial charge >= 0.3 is 10.0 Å². The summed E-state index contributed by atoms with van der Waals surface area (Å²) in [4.78, 5) is 4.64. The molecule has 0 saturated carbocycles. The molecule has 2 heterocycles. The number of furan rings is 1. The summed E-state index contributed by atoms with van der Waals surface area (Å²) in [6, 6.07) is 19.5. The quantitative estimate of drug-likeness (QED) is 0.281. The summed E-state index contributed by atoms with van der Waals surface area (Å²) in [5.74, 6) is -0.263.